The molecule has 0 radical (unpaired) electrons. The van der Waals surface area contributed by atoms with Crippen LogP contribution in [-0.4, -0.2) is 34.0 Å². The fourth-order valence-electron chi connectivity index (χ4n) is 3.33. The molecule has 1 aromatic heterocycles. The van der Waals surface area contributed by atoms with Crippen LogP contribution in [0.1, 0.15) is 30.1 Å². The second-order valence-electron chi connectivity index (χ2n) is 5.76. The van der Waals surface area contributed by atoms with E-state index < -0.39 is 0 Å². The van der Waals surface area contributed by atoms with Crippen LogP contribution >= 0.6 is 0 Å². The van der Waals surface area contributed by atoms with Gasteiger partial charge in [0, 0.05) is 38.4 Å². The standard InChI is InChI=1S/C17H21N3O/c1-19-12-9-18-17(19)16(14-5-3-2-4-6-14)15-7-10-20(13-21)11-8-15/h2-6,9,12-13,15-16H,7-8,10-11H2,1H3. The average Bonchev–Trinajstić information content (AvgIpc) is 2.95. The van der Waals surface area contributed by atoms with Crippen LogP contribution in [0.15, 0.2) is 42.7 Å². The second kappa shape index (κ2) is 6.12. The molecule has 0 bridgehead atoms. The number of carbonyl (C=O) groups excluding carboxylic acids is 1. The van der Waals surface area contributed by atoms with E-state index in [9.17, 15) is 4.79 Å². The van der Waals surface area contributed by atoms with E-state index in [0.29, 0.717) is 11.8 Å². The monoisotopic (exact) mass is 283 g/mol. The molecule has 4 heteroatoms. The molecule has 1 fully saturated rings. The first-order valence-corrected chi connectivity index (χ1v) is 7.51. The molecule has 1 saturated heterocycles. The molecular formula is C17H21N3O. The third-order valence-electron chi connectivity index (χ3n) is 4.49. The number of hydrogen-bond acceptors (Lipinski definition) is 2. The van der Waals surface area contributed by atoms with Crippen molar-refractivity contribution in [3.63, 3.8) is 0 Å². The van der Waals surface area contributed by atoms with Gasteiger partial charge >= 0.3 is 0 Å². The lowest BCUT2D eigenvalue weighted by atomic mass is 9.79. The average molecular weight is 283 g/mol. The Hall–Kier alpha value is -2.10. The summed E-state index contributed by atoms with van der Waals surface area (Å²) in [6.07, 6.45) is 6.91. The van der Waals surface area contributed by atoms with Crippen LogP contribution in [0, 0.1) is 5.92 Å². The van der Waals surface area contributed by atoms with Gasteiger partial charge in [0.1, 0.15) is 5.82 Å². The van der Waals surface area contributed by atoms with Crippen molar-refractivity contribution < 1.29 is 4.79 Å². The minimum absolute atomic E-state index is 0.306. The first-order chi connectivity index (χ1) is 10.3. The topological polar surface area (TPSA) is 38.1 Å². The lowest BCUT2D eigenvalue weighted by Gasteiger charge is -2.34. The summed E-state index contributed by atoms with van der Waals surface area (Å²) in [7, 11) is 2.05. The Bertz CT molecular complexity index is 585. The van der Waals surface area contributed by atoms with E-state index in [-0.39, 0.29) is 0 Å². The van der Waals surface area contributed by atoms with E-state index in [0.717, 1.165) is 38.2 Å². The van der Waals surface area contributed by atoms with Crippen molar-refractivity contribution in [3.05, 3.63) is 54.1 Å². The quantitative estimate of drug-likeness (QED) is 0.808. The van der Waals surface area contributed by atoms with Crippen molar-refractivity contribution in [1.82, 2.24) is 14.5 Å². The van der Waals surface area contributed by atoms with Gasteiger partial charge in [0.05, 0.1) is 0 Å². The van der Waals surface area contributed by atoms with Gasteiger partial charge < -0.3 is 9.47 Å². The Balaban J connectivity index is 1.90. The number of rotatable bonds is 4. The molecule has 1 atom stereocenters. The molecular weight excluding hydrogens is 262 g/mol. The van der Waals surface area contributed by atoms with Gasteiger partial charge in [0.15, 0.2) is 0 Å². The van der Waals surface area contributed by atoms with Gasteiger partial charge in [0.2, 0.25) is 6.41 Å². The minimum atomic E-state index is 0.306. The van der Waals surface area contributed by atoms with Crippen LogP contribution in [0.25, 0.3) is 0 Å². The Kier molecular flexibility index (Phi) is 4.04. The van der Waals surface area contributed by atoms with Crippen LogP contribution in [0.3, 0.4) is 0 Å². The minimum Gasteiger partial charge on any atom is -0.345 e. The number of aromatic nitrogens is 2. The van der Waals surface area contributed by atoms with E-state index in [4.69, 9.17) is 0 Å². The second-order valence-corrected chi connectivity index (χ2v) is 5.76. The van der Waals surface area contributed by atoms with E-state index >= 15 is 0 Å². The first kappa shape index (κ1) is 13.9. The zero-order valence-electron chi connectivity index (χ0n) is 12.4. The molecule has 3 rings (SSSR count). The predicted molar refractivity (Wildman–Crippen MR) is 81.9 cm³/mol. The largest absolute Gasteiger partial charge is 0.345 e. The third-order valence-corrected chi connectivity index (χ3v) is 4.49. The van der Waals surface area contributed by atoms with Gasteiger partial charge in [0.25, 0.3) is 0 Å². The molecule has 2 heterocycles. The summed E-state index contributed by atoms with van der Waals surface area (Å²) in [5.41, 5.74) is 1.32. The molecule has 1 unspecified atom stereocenters. The van der Waals surface area contributed by atoms with Gasteiger partial charge in [-0.3, -0.25) is 4.79 Å². The van der Waals surface area contributed by atoms with Crippen LogP contribution in [-0.2, 0) is 11.8 Å². The van der Waals surface area contributed by atoms with Crippen LogP contribution in [0.2, 0.25) is 0 Å². The van der Waals surface area contributed by atoms with E-state index in [1.165, 1.54) is 5.56 Å². The van der Waals surface area contributed by atoms with Gasteiger partial charge in [-0.1, -0.05) is 30.3 Å². The highest BCUT2D eigenvalue weighted by atomic mass is 16.1. The molecule has 0 saturated carbocycles. The van der Waals surface area contributed by atoms with Crippen molar-refractivity contribution >= 4 is 6.41 Å². The summed E-state index contributed by atoms with van der Waals surface area (Å²) in [6.45, 7) is 1.70. The Morgan fingerprint density at radius 2 is 1.95 bits per heavy atom. The summed E-state index contributed by atoms with van der Waals surface area (Å²) in [6, 6.07) is 10.6. The van der Waals surface area contributed by atoms with Crippen molar-refractivity contribution in [2.75, 3.05) is 13.1 Å². The summed E-state index contributed by atoms with van der Waals surface area (Å²) in [4.78, 5) is 17.4. The zero-order chi connectivity index (χ0) is 14.7. The summed E-state index contributed by atoms with van der Waals surface area (Å²) < 4.78 is 2.11. The molecule has 1 amide bonds. The summed E-state index contributed by atoms with van der Waals surface area (Å²) in [5.74, 6) is 1.95. The first-order valence-electron chi connectivity index (χ1n) is 7.51. The molecule has 0 aliphatic carbocycles. The Labute approximate surface area is 125 Å². The third kappa shape index (κ3) is 2.84. The van der Waals surface area contributed by atoms with Gasteiger partial charge in [-0.05, 0) is 24.3 Å². The lowest BCUT2D eigenvalue weighted by Crippen LogP contribution is -2.35. The van der Waals surface area contributed by atoms with Gasteiger partial charge in [-0.2, -0.15) is 0 Å². The highest BCUT2D eigenvalue weighted by Gasteiger charge is 2.30. The van der Waals surface area contributed by atoms with Crippen LogP contribution < -0.4 is 0 Å². The SMILES string of the molecule is Cn1ccnc1C(c1ccccc1)C1CCN(C=O)CC1. The molecule has 2 aromatic rings. The fraction of sp³-hybridized carbons (Fsp3) is 0.412. The molecule has 1 aliphatic rings. The highest BCUT2D eigenvalue weighted by molar-refractivity contribution is 5.47. The highest BCUT2D eigenvalue weighted by Crippen LogP contribution is 2.36. The number of benzene rings is 1. The maximum absolute atomic E-state index is 10.9. The van der Waals surface area contributed by atoms with Crippen molar-refractivity contribution in [1.29, 1.82) is 0 Å². The van der Waals surface area contributed by atoms with E-state index in [2.05, 4.69) is 40.9 Å². The number of imidazole rings is 1. The number of amides is 1. The van der Waals surface area contributed by atoms with E-state index in [1.54, 1.807) is 0 Å². The van der Waals surface area contributed by atoms with Crippen LogP contribution in [0.5, 0.6) is 0 Å². The van der Waals surface area contributed by atoms with Gasteiger partial charge in [-0.15, -0.1) is 0 Å². The zero-order valence-corrected chi connectivity index (χ0v) is 12.4. The molecule has 0 N–H and O–H groups in total. The lowest BCUT2D eigenvalue weighted by molar-refractivity contribution is -0.119. The molecule has 4 nitrogen and oxygen atoms in total. The maximum atomic E-state index is 10.9. The Morgan fingerprint density at radius 1 is 1.24 bits per heavy atom. The number of hydrogen-bond donors (Lipinski definition) is 0. The maximum Gasteiger partial charge on any atom is 0.209 e. The molecule has 1 aromatic carbocycles. The van der Waals surface area contributed by atoms with Crippen molar-refractivity contribution in [2.24, 2.45) is 13.0 Å². The van der Waals surface area contributed by atoms with Crippen molar-refractivity contribution in [2.45, 2.75) is 18.8 Å². The smallest absolute Gasteiger partial charge is 0.209 e. The number of piperidine rings is 1. The normalized spacial score (nSPS) is 17.7. The van der Waals surface area contributed by atoms with Crippen LogP contribution in [0.4, 0.5) is 0 Å². The Morgan fingerprint density at radius 3 is 2.52 bits per heavy atom. The fourth-order valence-corrected chi connectivity index (χ4v) is 3.33. The molecule has 0 spiro atoms. The number of aryl methyl sites for hydroxylation is 1. The molecule has 110 valence electrons. The number of likely N-dealkylation sites (tertiary alicyclic amines) is 1. The van der Waals surface area contributed by atoms with E-state index in [1.807, 2.05) is 23.4 Å². The molecule has 1 aliphatic heterocycles. The summed E-state index contributed by atoms with van der Waals surface area (Å²) in [5, 5.41) is 0. The predicted octanol–water partition coefficient (Wildman–Crippen LogP) is 2.42. The number of nitrogens with zero attached hydrogens (tertiary/aromatic N) is 3. The molecule has 21 heavy (non-hydrogen) atoms. The van der Waals surface area contributed by atoms with Gasteiger partial charge in [-0.25, -0.2) is 4.98 Å². The van der Waals surface area contributed by atoms with Crippen molar-refractivity contribution in [3.8, 4) is 0 Å². The summed E-state index contributed by atoms with van der Waals surface area (Å²) >= 11 is 0. The number of carbonyl (C=O) groups is 1.